The summed E-state index contributed by atoms with van der Waals surface area (Å²) in [6.07, 6.45) is 0.698. The Balaban J connectivity index is 2.14. The number of ether oxygens (including phenoxy) is 1. The van der Waals surface area contributed by atoms with Crippen molar-refractivity contribution in [2.24, 2.45) is 0 Å². The molecule has 0 fully saturated rings. The van der Waals surface area contributed by atoms with E-state index in [2.05, 4.69) is 15.9 Å². The van der Waals surface area contributed by atoms with Crippen LogP contribution in [0, 0.1) is 5.82 Å². The molecule has 0 aliphatic carbocycles. The smallest absolute Gasteiger partial charge is 0.150 e. The summed E-state index contributed by atoms with van der Waals surface area (Å²) in [5, 5.41) is 0.319. The third kappa shape index (κ3) is 3.55. The molecule has 0 aromatic heterocycles. The molecule has 5 heteroatoms. The Labute approximate surface area is 123 Å². The van der Waals surface area contributed by atoms with Crippen molar-refractivity contribution in [3.05, 3.63) is 62.8 Å². The first-order chi connectivity index (χ1) is 9.10. The minimum Gasteiger partial charge on any atom is -0.487 e. The number of hydrogen-bond acceptors (Lipinski definition) is 2. The van der Waals surface area contributed by atoms with E-state index in [1.165, 1.54) is 12.1 Å². The predicted molar refractivity (Wildman–Crippen MR) is 75.3 cm³/mol. The van der Waals surface area contributed by atoms with Crippen LogP contribution in [0.1, 0.15) is 15.9 Å². The molecule has 0 saturated heterocycles. The van der Waals surface area contributed by atoms with E-state index in [-0.39, 0.29) is 12.4 Å². The topological polar surface area (TPSA) is 26.3 Å². The van der Waals surface area contributed by atoms with Gasteiger partial charge < -0.3 is 4.74 Å². The Morgan fingerprint density at radius 2 is 2.05 bits per heavy atom. The highest BCUT2D eigenvalue weighted by atomic mass is 79.9. The number of rotatable bonds is 4. The zero-order valence-electron chi connectivity index (χ0n) is 9.70. The van der Waals surface area contributed by atoms with Crippen LogP contribution >= 0.6 is 27.5 Å². The molecule has 0 spiro atoms. The van der Waals surface area contributed by atoms with Gasteiger partial charge in [0, 0.05) is 15.6 Å². The maximum Gasteiger partial charge on any atom is 0.150 e. The van der Waals surface area contributed by atoms with Gasteiger partial charge >= 0.3 is 0 Å². The summed E-state index contributed by atoms with van der Waals surface area (Å²) in [4.78, 5) is 10.6. The molecule has 0 aliphatic heterocycles. The lowest BCUT2D eigenvalue weighted by atomic mass is 10.2. The monoisotopic (exact) mass is 342 g/mol. The Bertz CT molecular complexity index is 616. The van der Waals surface area contributed by atoms with Crippen LogP contribution < -0.4 is 4.74 Å². The number of aldehydes is 1. The third-order valence-electron chi connectivity index (χ3n) is 2.48. The molecule has 2 aromatic rings. The summed E-state index contributed by atoms with van der Waals surface area (Å²) in [6, 6.07) is 9.29. The van der Waals surface area contributed by atoms with E-state index in [0.717, 1.165) is 4.47 Å². The van der Waals surface area contributed by atoms with Gasteiger partial charge in [-0.1, -0.05) is 27.5 Å². The van der Waals surface area contributed by atoms with E-state index in [1.54, 1.807) is 24.3 Å². The van der Waals surface area contributed by atoms with Crippen molar-refractivity contribution in [3.8, 4) is 5.75 Å². The first kappa shape index (κ1) is 14.0. The van der Waals surface area contributed by atoms with Gasteiger partial charge in [-0.15, -0.1) is 0 Å². The molecular formula is C14H9BrClFO2. The van der Waals surface area contributed by atoms with Crippen LogP contribution in [0.3, 0.4) is 0 Å². The van der Waals surface area contributed by atoms with E-state index >= 15 is 0 Å². The Hall–Kier alpha value is -1.39. The Morgan fingerprint density at radius 1 is 1.26 bits per heavy atom. The average molecular weight is 344 g/mol. The van der Waals surface area contributed by atoms with Crippen molar-refractivity contribution in [3.63, 3.8) is 0 Å². The number of carbonyl (C=O) groups is 1. The first-order valence-electron chi connectivity index (χ1n) is 5.41. The highest BCUT2D eigenvalue weighted by Crippen LogP contribution is 2.26. The molecule has 0 saturated carbocycles. The van der Waals surface area contributed by atoms with Crippen LogP contribution in [-0.4, -0.2) is 6.29 Å². The highest BCUT2D eigenvalue weighted by Gasteiger charge is 2.07. The molecule has 0 aliphatic rings. The van der Waals surface area contributed by atoms with Gasteiger partial charge in [0.1, 0.15) is 24.5 Å². The zero-order chi connectivity index (χ0) is 13.8. The second-order valence-corrected chi connectivity index (χ2v) is 5.15. The van der Waals surface area contributed by atoms with E-state index in [1.807, 2.05) is 0 Å². The second-order valence-electron chi connectivity index (χ2n) is 3.83. The maximum absolute atomic E-state index is 13.5. The van der Waals surface area contributed by atoms with Gasteiger partial charge in [0.2, 0.25) is 0 Å². The van der Waals surface area contributed by atoms with Gasteiger partial charge in [-0.3, -0.25) is 4.79 Å². The van der Waals surface area contributed by atoms with Crippen molar-refractivity contribution in [1.29, 1.82) is 0 Å². The number of hydrogen-bond donors (Lipinski definition) is 0. The van der Waals surface area contributed by atoms with E-state index < -0.39 is 0 Å². The van der Waals surface area contributed by atoms with Crippen LogP contribution in [0.15, 0.2) is 40.9 Å². The molecule has 0 unspecified atom stereocenters. The standard InChI is InChI=1S/C14H9BrClFO2/c15-11-2-3-13(17)10(6-11)8-19-14-4-1-9(7-18)5-12(14)16/h1-7H,8H2. The van der Waals surface area contributed by atoms with Gasteiger partial charge in [0.05, 0.1) is 5.02 Å². The fraction of sp³-hybridized carbons (Fsp3) is 0.0714. The van der Waals surface area contributed by atoms with E-state index in [0.29, 0.717) is 28.2 Å². The molecule has 0 bridgehead atoms. The highest BCUT2D eigenvalue weighted by molar-refractivity contribution is 9.10. The molecule has 2 rings (SSSR count). The average Bonchev–Trinajstić information content (AvgIpc) is 2.40. The fourth-order valence-electron chi connectivity index (χ4n) is 1.52. The van der Waals surface area contributed by atoms with Crippen LogP contribution in [0.2, 0.25) is 5.02 Å². The largest absolute Gasteiger partial charge is 0.487 e. The lowest BCUT2D eigenvalue weighted by Crippen LogP contribution is -1.99. The molecule has 0 amide bonds. The molecule has 0 N–H and O–H groups in total. The van der Waals surface area contributed by atoms with Gasteiger partial charge in [-0.25, -0.2) is 4.39 Å². The van der Waals surface area contributed by atoms with Crippen LogP contribution in [0.25, 0.3) is 0 Å². The molecule has 0 heterocycles. The summed E-state index contributed by atoms with van der Waals surface area (Å²) < 4.78 is 19.7. The Morgan fingerprint density at radius 3 is 2.74 bits per heavy atom. The quantitative estimate of drug-likeness (QED) is 0.756. The third-order valence-corrected chi connectivity index (χ3v) is 3.27. The predicted octanol–water partition coefficient (Wildman–Crippen LogP) is 4.63. The number of benzene rings is 2. The molecule has 98 valence electrons. The zero-order valence-corrected chi connectivity index (χ0v) is 12.0. The minimum atomic E-state index is -0.344. The summed E-state index contributed by atoms with van der Waals surface area (Å²) in [6.45, 7) is 0.0609. The van der Waals surface area contributed by atoms with E-state index in [9.17, 15) is 9.18 Å². The maximum atomic E-state index is 13.5. The first-order valence-corrected chi connectivity index (χ1v) is 6.58. The van der Waals surface area contributed by atoms with Gasteiger partial charge in [0.15, 0.2) is 0 Å². The van der Waals surface area contributed by atoms with Gasteiger partial charge in [0.25, 0.3) is 0 Å². The molecule has 19 heavy (non-hydrogen) atoms. The molecule has 2 nitrogen and oxygen atoms in total. The summed E-state index contributed by atoms with van der Waals surface area (Å²) in [5.41, 5.74) is 0.885. The number of halogens is 3. The van der Waals surface area contributed by atoms with Crippen molar-refractivity contribution < 1.29 is 13.9 Å². The van der Waals surface area contributed by atoms with Crippen LogP contribution in [-0.2, 0) is 6.61 Å². The minimum absolute atomic E-state index is 0.0609. The molecule has 0 atom stereocenters. The Kier molecular flexibility index (Phi) is 4.56. The van der Waals surface area contributed by atoms with Crippen LogP contribution in [0.4, 0.5) is 4.39 Å². The van der Waals surface area contributed by atoms with Crippen molar-refractivity contribution >= 4 is 33.8 Å². The second kappa shape index (κ2) is 6.17. The van der Waals surface area contributed by atoms with Crippen LogP contribution in [0.5, 0.6) is 5.75 Å². The van der Waals surface area contributed by atoms with Crippen molar-refractivity contribution in [2.75, 3.05) is 0 Å². The number of carbonyl (C=O) groups excluding carboxylic acids is 1. The molecule has 2 aromatic carbocycles. The van der Waals surface area contributed by atoms with Gasteiger partial charge in [-0.2, -0.15) is 0 Å². The molecular weight excluding hydrogens is 335 g/mol. The SMILES string of the molecule is O=Cc1ccc(OCc2cc(Br)ccc2F)c(Cl)c1. The molecule has 0 radical (unpaired) electrons. The van der Waals surface area contributed by atoms with Crippen molar-refractivity contribution in [1.82, 2.24) is 0 Å². The van der Waals surface area contributed by atoms with Crippen molar-refractivity contribution in [2.45, 2.75) is 6.61 Å². The fourth-order valence-corrected chi connectivity index (χ4v) is 2.17. The summed E-state index contributed by atoms with van der Waals surface area (Å²) in [5.74, 6) is 0.0653. The lowest BCUT2D eigenvalue weighted by Gasteiger charge is -2.09. The summed E-state index contributed by atoms with van der Waals surface area (Å²) >= 11 is 9.23. The normalized spacial score (nSPS) is 10.3. The van der Waals surface area contributed by atoms with Gasteiger partial charge in [-0.05, 0) is 36.4 Å². The summed E-state index contributed by atoms with van der Waals surface area (Å²) in [7, 11) is 0. The lowest BCUT2D eigenvalue weighted by molar-refractivity contribution is 0.112. The van der Waals surface area contributed by atoms with E-state index in [4.69, 9.17) is 16.3 Å².